The Morgan fingerprint density at radius 2 is 2.04 bits per heavy atom. The van der Waals surface area contributed by atoms with Crippen molar-refractivity contribution in [3.8, 4) is 0 Å². The van der Waals surface area contributed by atoms with Crippen LogP contribution in [0.3, 0.4) is 0 Å². The van der Waals surface area contributed by atoms with Crippen LogP contribution in [0.2, 0.25) is 5.02 Å². The summed E-state index contributed by atoms with van der Waals surface area (Å²) in [5.41, 5.74) is 0.345. The van der Waals surface area contributed by atoms with Gasteiger partial charge in [0.05, 0.1) is 16.3 Å². The van der Waals surface area contributed by atoms with Crippen LogP contribution in [0.25, 0.3) is 0 Å². The molecule has 2 rings (SSSR count). The summed E-state index contributed by atoms with van der Waals surface area (Å²) in [5, 5.41) is 3.10. The van der Waals surface area contributed by atoms with Gasteiger partial charge in [-0.2, -0.15) is 0 Å². The number of halogens is 1. The first kappa shape index (κ1) is 18.3. The molecule has 1 fully saturated rings. The van der Waals surface area contributed by atoms with Crippen molar-refractivity contribution in [2.45, 2.75) is 39.2 Å². The van der Waals surface area contributed by atoms with Crippen LogP contribution in [-0.2, 0) is 14.3 Å². The normalized spacial score (nSPS) is 14.7. The first-order valence-electron chi connectivity index (χ1n) is 7.75. The zero-order valence-corrected chi connectivity index (χ0v) is 14.8. The van der Waals surface area contributed by atoms with E-state index in [0.717, 1.165) is 6.42 Å². The minimum atomic E-state index is -0.636. The Hall–Kier alpha value is -2.08. The van der Waals surface area contributed by atoms with E-state index in [2.05, 4.69) is 5.32 Å². The van der Waals surface area contributed by atoms with Crippen molar-refractivity contribution >= 4 is 35.1 Å². The van der Waals surface area contributed by atoms with Crippen molar-refractivity contribution in [2.24, 2.45) is 0 Å². The number of carbonyl (C=O) groups excluding carboxylic acids is 3. The topological polar surface area (TPSA) is 75.7 Å². The first-order valence-corrected chi connectivity index (χ1v) is 8.13. The fourth-order valence-electron chi connectivity index (χ4n) is 2.42. The molecule has 1 aliphatic heterocycles. The molecule has 0 unspecified atom stereocenters. The lowest BCUT2D eigenvalue weighted by atomic mass is 10.1. The minimum Gasteiger partial charge on any atom is -0.452 e. The van der Waals surface area contributed by atoms with E-state index >= 15 is 0 Å². The highest BCUT2D eigenvalue weighted by Gasteiger charge is 2.25. The monoisotopic (exact) mass is 352 g/mol. The van der Waals surface area contributed by atoms with Crippen molar-refractivity contribution in [1.29, 1.82) is 0 Å². The molecule has 0 aromatic heterocycles. The molecule has 2 amide bonds. The number of rotatable bonds is 4. The molecule has 1 N–H and O–H groups in total. The fraction of sp³-hybridized carbons (Fsp3) is 0.471. The molecule has 1 heterocycles. The third kappa shape index (κ3) is 4.71. The van der Waals surface area contributed by atoms with Crippen LogP contribution in [-0.4, -0.2) is 36.5 Å². The molecule has 0 spiro atoms. The van der Waals surface area contributed by atoms with Gasteiger partial charge in [0, 0.05) is 18.5 Å². The molecule has 7 heteroatoms. The van der Waals surface area contributed by atoms with E-state index in [1.807, 2.05) is 20.8 Å². The Morgan fingerprint density at radius 1 is 1.33 bits per heavy atom. The van der Waals surface area contributed by atoms with Gasteiger partial charge in [-0.1, -0.05) is 11.6 Å². The summed E-state index contributed by atoms with van der Waals surface area (Å²) >= 11 is 6.14. The Balaban J connectivity index is 2.05. The van der Waals surface area contributed by atoms with Crippen LogP contribution in [0, 0.1) is 0 Å². The number of nitrogens with one attached hydrogen (secondary N) is 1. The van der Waals surface area contributed by atoms with Crippen molar-refractivity contribution in [1.82, 2.24) is 5.32 Å². The van der Waals surface area contributed by atoms with Crippen molar-refractivity contribution in [3.05, 3.63) is 28.8 Å². The molecular formula is C17H21ClN2O4. The lowest BCUT2D eigenvalue weighted by molar-refractivity contribution is -0.125. The maximum absolute atomic E-state index is 12.1. The van der Waals surface area contributed by atoms with Crippen LogP contribution >= 0.6 is 11.6 Å². The molecule has 1 aromatic rings. The van der Waals surface area contributed by atoms with E-state index in [4.69, 9.17) is 16.3 Å². The Bertz CT molecular complexity index is 667. The quantitative estimate of drug-likeness (QED) is 0.845. The van der Waals surface area contributed by atoms with Gasteiger partial charge in [0.25, 0.3) is 5.91 Å². The second-order valence-electron chi connectivity index (χ2n) is 6.69. The zero-order chi connectivity index (χ0) is 17.9. The molecule has 0 bridgehead atoms. The second-order valence-corrected chi connectivity index (χ2v) is 7.10. The molecule has 0 aliphatic carbocycles. The predicted octanol–water partition coefficient (Wildman–Crippen LogP) is 2.54. The molecule has 1 aromatic carbocycles. The SMILES string of the molecule is CC(C)(C)NC(=O)COC(=O)c1ccc(Cl)c(N2CCCC2=O)c1. The van der Waals surface area contributed by atoms with E-state index in [0.29, 0.717) is 23.7 Å². The molecule has 24 heavy (non-hydrogen) atoms. The van der Waals surface area contributed by atoms with Gasteiger partial charge in [-0.3, -0.25) is 9.59 Å². The zero-order valence-electron chi connectivity index (χ0n) is 14.0. The molecule has 0 radical (unpaired) electrons. The number of amides is 2. The number of anilines is 1. The minimum absolute atomic E-state index is 0.0213. The van der Waals surface area contributed by atoms with Gasteiger partial charge in [-0.05, 0) is 45.4 Å². The van der Waals surface area contributed by atoms with Crippen LogP contribution in [0.15, 0.2) is 18.2 Å². The molecular weight excluding hydrogens is 332 g/mol. The predicted molar refractivity (Wildman–Crippen MR) is 91.2 cm³/mol. The second kappa shape index (κ2) is 7.21. The average Bonchev–Trinajstić information content (AvgIpc) is 2.89. The summed E-state index contributed by atoms with van der Waals surface area (Å²) in [6.07, 6.45) is 1.23. The van der Waals surface area contributed by atoms with Crippen molar-refractivity contribution in [3.63, 3.8) is 0 Å². The first-order chi connectivity index (χ1) is 11.2. The lowest BCUT2D eigenvalue weighted by Gasteiger charge is -2.20. The van der Waals surface area contributed by atoms with E-state index in [1.54, 1.807) is 11.0 Å². The summed E-state index contributed by atoms with van der Waals surface area (Å²) in [7, 11) is 0. The fourth-order valence-corrected chi connectivity index (χ4v) is 2.64. The number of esters is 1. The van der Waals surface area contributed by atoms with E-state index < -0.39 is 11.5 Å². The van der Waals surface area contributed by atoms with Crippen molar-refractivity contribution < 1.29 is 19.1 Å². The van der Waals surface area contributed by atoms with E-state index in [1.165, 1.54) is 12.1 Å². The summed E-state index contributed by atoms with van der Waals surface area (Å²) < 4.78 is 5.02. The standard InChI is InChI=1S/C17H21ClN2O4/c1-17(2,3)19-14(21)10-24-16(23)11-6-7-12(18)13(9-11)20-8-4-5-15(20)22/h6-7,9H,4-5,8,10H2,1-3H3,(H,19,21). The number of hydrogen-bond donors (Lipinski definition) is 1. The maximum atomic E-state index is 12.1. The maximum Gasteiger partial charge on any atom is 0.338 e. The number of hydrogen-bond acceptors (Lipinski definition) is 4. The number of benzene rings is 1. The van der Waals surface area contributed by atoms with Gasteiger partial charge < -0.3 is 15.0 Å². The molecule has 1 saturated heterocycles. The average molecular weight is 353 g/mol. The highest BCUT2D eigenvalue weighted by molar-refractivity contribution is 6.34. The van der Waals surface area contributed by atoms with Crippen LogP contribution in [0.5, 0.6) is 0 Å². The van der Waals surface area contributed by atoms with Gasteiger partial charge in [-0.25, -0.2) is 4.79 Å². The van der Waals surface area contributed by atoms with Crippen LogP contribution in [0.4, 0.5) is 5.69 Å². The van der Waals surface area contributed by atoms with Crippen LogP contribution in [0.1, 0.15) is 44.0 Å². The highest BCUT2D eigenvalue weighted by Crippen LogP contribution is 2.30. The largest absolute Gasteiger partial charge is 0.452 e. The van der Waals surface area contributed by atoms with Crippen molar-refractivity contribution in [2.75, 3.05) is 18.1 Å². The molecule has 0 atom stereocenters. The van der Waals surface area contributed by atoms with Gasteiger partial charge in [0.2, 0.25) is 5.91 Å². The summed E-state index contributed by atoms with van der Waals surface area (Å²) in [6, 6.07) is 4.58. The van der Waals surface area contributed by atoms with Gasteiger partial charge in [0.15, 0.2) is 6.61 Å². The van der Waals surface area contributed by atoms with E-state index in [-0.39, 0.29) is 24.0 Å². The van der Waals surface area contributed by atoms with Gasteiger partial charge in [0.1, 0.15) is 0 Å². The van der Waals surface area contributed by atoms with Gasteiger partial charge in [-0.15, -0.1) is 0 Å². The van der Waals surface area contributed by atoms with Crippen LogP contribution < -0.4 is 10.2 Å². The Morgan fingerprint density at radius 3 is 2.62 bits per heavy atom. The summed E-state index contributed by atoms with van der Waals surface area (Å²) in [6.45, 7) is 5.73. The molecule has 6 nitrogen and oxygen atoms in total. The number of carbonyl (C=O) groups is 3. The van der Waals surface area contributed by atoms with E-state index in [9.17, 15) is 14.4 Å². The third-order valence-corrected chi connectivity index (χ3v) is 3.71. The number of nitrogens with zero attached hydrogens (tertiary/aromatic N) is 1. The lowest BCUT2D eigenvalue weighted by Crippen LogP contribution is -2.42. The molecule has 1 aliphatic rings. The molecule has 0 saturated carbocycles. The van der Waals surface area contributed by atoms with Gasteiger partial charge >= 0.3 is 5.97 Å². The number of ether oxygens (including phenoxy) is 1. The molecule has 130 valence electrons. The third-order valence-electron chi connectivity index (χ3n) is 3.39. The Labute approximate surface area is 146 Å². The smallest absolute Gasteiger partial charge is 0.338 e. The summed E-state index contributed by atoms with van der Waals surface area (Å²) in [5.74, 6) is -1.03. The highest BCUT2D eigenvalue weighted by atomic mass is 35.5. The Kier molecular flexibility index (Phi) is 5.49. The summed E-state index contributed by atoms with van der Waals surface area (Å²) in [4.78, 5) is 37.2.